The third-order valence-corrected chi connectivity index (χ3v) is 4.82. The molecule has 27 heavy (non-hydrogen) atoms. The average molecular weight is 383 g/mol. The number of amides is 1. The minimum absolute atomic E-state index is 0.186. The van der Waals surface area contributed by atoms with Gasteiger partial charge in [-0.05, 0) is 53.9 Å². The molecule has 1 aliphatic rings. The molecule has 0 bridgehead atoms. The Bertz CT molecular complexity index is 878. The summed E-state index contributed by atoms with van der Waals surface area (Å²) in [5.74, 6) is 5.86. The van der Waals surface area contributed by atoms with Crippen molar-refractivity contribution in [2.75, 3.05) is 6.54 Å². The molecular weight excluding hydrogens is 360 g/mol. The predicted octanol–water partition coefficient (Wildman–Crippen LogP) is 3.12. The van der Waals surface area contributed by atoms with Gasteiger partial charge in [-0.1, -0.05) is 42.4 Å². The highest BCUT2D eigenvalue weighted by Gasteiger charge is 2.13. The molecule has 4 N–H and O–H groups in total. The molecule has 2 aromatic carbocycles. The van der Waals surface area contributed by atoms with Crippen LogP contribution in [0.15, 0.2) is 67.0 Å². The van der Waals surface area contributed by atoms with Gasteiger partial charge in [-0.2, -0.15) is 0 Å². The lowest BCUT2D eigenvalue weighted by atomic mass is 9.98. The van der Waals surface area contributed by atoms with E-state index in [0.29, 0.717) is 22.8 Å². The topological polar surface area (TPSA) is 70.4 Å². The summed E-state index contributed by atoms with van der Waals surface area (Å²) >= 11 is 6.16. The third kappa shape index (κ3) is 4.98. The monoisotopic (exact) mass is 382 g/mol. The summed E-state index contributed by atoms with van der Waals surface area (Å²) in [4.78, 5) is 12.6. The molecule has 2 aromatic rings. The Morgan fingerprint density at radius 1 is 1.30 bits per heavy atom. The number of nitrogens with two attached hydrogens (primary N) is 1. The van der Waals surface area contributed by atoms with E-state index in [1.807, 2.05) is 42.5 Å². The average Bonchev–Trinajstić information content (AvgIpc) is 2.68. The largest absolute Gasteiger partial charge is 0.321 e. The van der Waals surface area contributed by atoms with Crippen molar-refractivity contribution in [3.8, 4) is 0 Å². The fraction of sp³-hybridized carbons (Fsp3) is 0.190. The summed E-state index contributed by atoms with van der Waals surface area (Å²) < 4.78 is 0. The van der Waals surface area contributed by atoms with Crippen LogP contribution < -0.4 is 16.5 Å². The molecule has 3 rings (SSSR count). The quantitative estimate of drug-likeness (QED) is 0.408. The molecule has 1 aliphatic heterocycles. The Kier molecular flexibility index (Phi) is 6.29. The molecule has 0 fully saturated rings. The van der Waals surface area contributed by atoms with Gasteiger partial charge in [0.2, 0.25) is 0 Å². The van der Waals surface area contributed by atoms with Crippen molar-refractivity contribution in [1.29, 1.82) is 0 Å². The van der Waals surface area contributed by atoms with Crippen molar-refractivity contribution in [2.45, 2.75) is 19.5 Å². The highest BCUT2D eigenvalue weighted by Crippen LogP contribution is 2.17. The van der Waals surface area contributed by atoms with Gasteiger partial charge in [-0.25, -0.2) is 5.84 Å². The van der Waals surface area contributed by atoms with E-state index in [1.54, 1.807) is 12.3 Å². The maximum Gasteiger partial charge on any atom is 0.255 e. The first kappa shape index (κ1) is 19.2. The summed E-state index contributed by atoms with van der Waals surface area (Å²) in [7, 11) is 0. The van der Waals surface area contributed by atoms with Gasteiger partial charge in [0, 0.05) is 23.3 Å². The number of allylic oxidation sites excluding steroid dienone is 1. The van der Waals surface area contributed by atoms with Crippen molar-refractivity contribution in [1.82, 2.24) is 15.6 Å². The molecular formula is C21H23ClN4O. The van der Waals surface area contributed by atoms with Crippen LogP contribution in [0, 0.1) is 0 Å². The zero-order valence-corrected chi connectivity index (χ0v) is 15.8. The molecule has 140 valence electrons. The number of halogens is 1. The lowest BCUT2D eigenvalue weighted by Gasteiger charge is -2.18. The first-order valence-electron chi connectivity index (χ1n) is 8.79. The molecule has 1 heterocycles. The Morgan fingerprint density at radius 3 is 2.89 bits per heavy atom. The van der Waals surface area contributed by atoms with Crippen LogP contribution >= 0.6 is 11.6 Å². The van der Waals surface area contributed by atoms with Crippen LogP contribution in [0.5, 0.6) is 0 Å². The number of fused-ring (bicyclic) bond motifs is 1. The highest BCUT2D eigenvalue weighted by molar-refractivity contribution is 6.31. The molecule has 0 unspecified atom stereocenters. The Hall–Kier alpha value is -2.60. The van der Waals surface area contributed by atoms with Gasteiger partial charge in [-0.3, -0.25) is 4.79 Å². The Balaban J connectivity index is 1.68. The molecule has 0 saturated carbocycles. The molecule has 6 heteroatoms. The number of nitrogens with zero attached hydrogens (tertiary/aromatic N) is 1. The Morgan fingerprint density at radius 2 is 2.11 bits per heavy atom. The summed E-state index contributed by atoms with van der Waals surface area (Å²) in [5, 5.41) is 8.30. The zero-order valence-electron chi connectivity index (χ0n) is 15.0. The lowest BCUT2D eigenvalue weighted by Crippen LogP contribution is -2.29. The summed E-state index contributed by atoms with van der Waals surface area (Å²) in [6, 6.07) is 13.3. The lowest BCUT2D eigenvalue weighted by molar-refractivity contribution is 0.0966. The zero-order chi connectivity index (χ0) is 19.2. The van der Waals surface area contributed by atoms with E-state index in [1.165, 1.54) is 16.1 Å². The number of benzene rings is 2. The van der Waals surface area contributed by atoms with E-state index in [4.69, 9.17) is 17.4 Å². The minimum Gasteiger partial charge on any atom is -0.321 e. The second-order valence-electron chi connectivity index (χ2n) is 6.42. The van der Waals surface area contributed by atoms with Crippen molar-refractivity contribution < 1.29 is 4.79 Å². The van der Waals surface area contributed by atoms with E-state index in [-0.39, 0.29) is 5.91 Å². The van der Waals surface area contributed by atoms with E-state index in [2.05, 4.69) is 17.2 Å². The van der Waals surface area contributed by atoms with E-state index < -0.39 is 0 Å². The highest BCUT2D eigenvalue weighted by atomic mass is 35.5. The van der Waals surface area contributed by atoms with Crippen molar-refractivity contribution in [3.63, 3.8) is 0 Å². The molecule has 0 saturated heterocycles. The van der Waals surface area contributed by atoms with Crippen molar-refractivity contribution >= 4 is 17.5 Å². The smallest absolute Gasteiger partial charge is 0.255 e. The van der Waals surface area contributed by atoms with Gasteiger partial charge < -0.3 is 15.6 Å². The summed E-state index contributed by atoms with van der Waals surface area (Å²) in [6.07, 6.45) is 4.12. The van der Waals surface area contributed by atoms with Gasteiger partial charge in [0.1, 0.15) is 0 Å². The van der Waals surface area contributed by atoms with E-state index in [9.17, 15) is 4.79 Å². The van der Waals surface area contributed by atoms with Gasteiger partial charge in [0.15, 0.2) is 0 Å². The van der Waals surface area contributed by atoms with Gasteiger partial charge >= 0.3 is 0 Å². The standard InChI is InChI=1S/C21H23ClN4O/c1-2-19(14-26(23)13-18-5-3-4-6-20(18)22)25-21(27)16-7-8-17-12-24-10-9-15(17)11-16/h2-8,11,14,24H,1,9-10,12-13,23H2,(H,25,27)/b19-14+. The first-order chi connectivity index (χ1) is 13.1. The number of hydrazine groups is 1. The molecule has 0 radical (unpaired) electrons. The Labute approximate surface area is 164 Å². The second-order valence-corrected chi connectivity index (χ2v) is 6.82. The molecule has 1 amide bonds. The molecule has 5 nitrogen and oxygen atoms in total. The summed E-state index contributed by atoms with van der Waals surface area (Å²) in [6.45, 7) is 5.95. The van der Waals surface area contributed by atoms with Crippen LogP contribution in [-0.2, 0) is 19.5 Å². The number of nitrogens with one attached hydrogen (secondary N) is 2. The molecule has 0 aliphatic carbocycles. The maximum absolute atomic E-state index is 12.6. The van der Waals surface area contributed by atoms with Crippen LogP contribution in [-0.4, -0.2) is 17.5 Å². The number of hydrogen-bond donors (Lipinski definition) is 3. The number of hydrogen-bond acceptors (Lipinski definition) is 4. The maximum atomic E-state index is 12.6. The summed E-state index contributed by atoms with van der Waals surface area (Å²) in [5.41, 5.74) is 4.50. The van der Waals surface area contributed by atoms with E-state index >= 15 is 0 Å². The van der Waals surface area contributed by atoms with Gasteiger partial charge in [-0.15, -0.1) is 0 Å². The van der Waals surface area contributed by atoms with Crippen LogP contribution in [0.25, 0.3) is 0 Å². The second kappa shape index (κ2) is 8.86. The van der Waals surface area contributed by atoms with Crippen LogP contribution in [0.4, 0.5) is 0 Å². The SMILES string of the molecule is C=C/C(=C\N(N)Cc1ccccc1Cl)NC(=O)c1ccc2c(c1)CCNC2. The number of carbonyl (C=O) groups excluding carboxylic acids is 1. The molecule has 0 atom stereocenters. The fourth-order valence-electron chi connectivity index (χ4n) is 3.01. The normalized spacial score (nSPS) is 13.6. The van der Waals surface area contributed by atoms with Crippen molar-refractivity contribution in [3.05, 3.63) is 94.3 Å². The third-order valence-electron chi connectivity index (χ3n) is 4.45. The number of rotatable bonds is 6. The molecule has 0 spiro atoms. The van der Waals surface area contributed by atoms with Gasteiger partial charge in [0.25, 0.3) is 5.91 Å². The fourth-order valence-corrected chi connectivity index (χ4v) is 3.20. The van der Waals surface area contributed by atoms with Crippen molar-refractivity contribution in [2.24, 2.45) is 5.84 Å². The predicted molar refractivity (Wildman–Crippen MR) is 109 cm³/mol. The first-order valence-corrected chi connectivity index (χ1v) is 9.17. The minimum atomic E-state index is -0.186. The molecule has 0 aromatic heterocycles. The number of carbonyl (C=O) groups is 1. The van der Waals surface area contributed by atoms with Crippen LogP contribution in [0.1, 0.15) is 27.0 Å². The van der Waals surface area contributed by atoms with Gasteiger partial charge in [0.05, 0.1) is 12.2 Å². The van der Waals surface area contributed by atoms with Crippen LogP contribution in [0.3, 0.4) is 0 Å². The van der Waals surface area contributed by atoms with E-state index in [0.717, 1.165) is 25.1 Å². The van der Waals surface area contributed by atoms with Crippen LogP contribution in [0.2, 0.25) is 5.02 Å².